The van der Waals surface area contributed by atoms with Crippen molar-refractivity contribution in [2.75, 3.05) is 20.1 Å². The van der Waals surface area contributed by atoms with E-state index in [0.29, 0.717) is 0 Å². The van der Waals surface area contributed by atoms with Gasteiger partial charge < -0.3 is 5.32 Å². The summed E-state index contributed by atoms with van der Waals surface area (Å²) in [6.07, 6.45) is 7.25. The van der Waals surface area contributed by atoms with Gasteiger partial charge in [-0.15, -0.1) is 0 Å². The molecule has 0 saturated carbocycles. The molecular weight excluding hydrogens is 172 g/mol. The summed E-state index contributed by atoms with van der Waals surface area (Å²) in [6, 6.07) is 1.86. The number of nitrogens with zero attached hydrogens (tertiary/aromatic N) is 1. The van der Waals surface area contributed by atoms with Crippen molar-refractivity contribution in [3.8, 4) is 0 Å². The minimum absolute atomic E-state index is 0.931. The van der Waals surface area contributed by atoms with E-state index in [-0.39, 0.29) is 0 Å². The quantitative estimate of drug-likeness (QED) is 0.738. The monoisotopic (exact) mass is 196 g/mol. The Bertz CT molecular complexity index is 167. The third-order valence-electron chi connectivity index (χ3n) is 4.15. The number of hydrogen-bond acceptors (Lipinski definition) is 2. The van der Waals surface area contributed by atoms with Gasteiger partial charge in [0.2, 0.25) is 0 Å². The lowest BCUT2D eigenvalue weighted by atomic mass is 9.88. The topological polar surface area (TPSA) is 15.3 Å². The van der Waals surface area contributed by atoms with Gasteiger partial charge in [0.25, 0.3) is 0 Å². The van der Waals surface area contributed by atoms with E-state index in [1.165, 1.54) is 45.2 Å². The smallest absolute Gasteiger partial charge is 0.0101 e. The summed E-state index contributed by atoms with van der Waals surface area (Å²) in [4.78, 5) is 2.75. The molecule has 1 N–H and O–H groups in total. The third-order valence-corrected chi connectivity index (χ3v) is 4.15. The summed E-state index contributed by atoms with van der Waals surface area (Å²) < 4.78 is 0. The second-order valence-electron chi connectivity index (χ2n) is 4.95. The van der Waals surface area contributed by atoms with Gasteiger partial charge in [-0.3, -0.25) is 4.90 Å². The molecule has 2 heteroatoms. The molecule has 2 aliphatic rings. The van der Waals surface area contributed by atoms with Gasteiger partial charge in [-0.05, 0) is 58.2 Å². The van der Waals surface area contributed by atoms with Crippen LogP contribution < -0.4 is 5.32 Å². The Kier molecular flexibility index (Phi) is 3.45. The first kappa shape index (κ1) is 10.4. The van der Waals surface area contributed by atoms with E-state index >= 15 is 0 Å². The van der Waals surface area contributed by atoms with Gasteiger partial charge >= 0.3 is 0 Å². The van der Waals surface area contributed by atoms with Crippen LogP contribution >= 0.6 is 0 Å². The molecule has 0 aromatic carbocycles. The van der Waals surface area contributed by atoms with Gasteiger partial charge in [-0.2, -0.15) is 0 Å². The SMILES string of the molecule is CCN1C2CCC1CC(CCNC)C2. The molecule has 2 rings (SSSR count). The van der Waals surface area contributed by atoms with E-state index in [1.54, 1.807) is 0 Å². The molecule has 2 aliphatic heterocycles. The van der Waals surface area contributed by atoms with Gasteiger partial charge in [0.15, 0.2) is 0 Å². The summed E-state index contributed by atoms with van der Waals surface area (Å²) in [5.41, 5.74) is 0. The van der Waals surface area contributed by atoms with E-state index in [1.807, 2.05) is 0 Å². The molecule has 14 heavy (non-hydrogen) atoms. The highest BCUT2D eigenvalue weighted by Gasteiger charge is 2.39. The Morgan fingerprint density at radius 3 is 2.36 bits per heavy atom. The molecule has 82 valence electrons. The molecule has 2 fully saturated rings. The van der Waals surface area contributed by atoms with Crippen LogP contribution in [-0.4, -0.2) is 37.1 Å². The molecule has 0 aromatic heterocycles. The van der Waals surface area contributed by atoms with Crippen LogP contribution in [0.3, 0.4) is 0 Å². The Hall–Kier alpha value is -0.0800. The van der Waals surface area contributed by atoms with Crippen molar-refractivity contribution < 1.29 is 0 Å². The zero-order valence-corrected chi connectivity index (χ0v) is 9.63. The maximum absolute atomic E-state index is 3.28. The largest absolute Gasteiger partial charge is 0.320 e. The molecule has 0 aromatic rings. The van der Waals surface area contributed by atoms with Crippen LogP contribution in [0.25, 0.3) is 0 Å². The summed E-state index contributed by atoms with van der Waals surface area (Å²) in [5.74, 6) is 1.00. The molecule has 0 radical (unpaired) electrons. The molecule has 0 aliphatic carbocycles. The molecule has 2 bridgehead atoms. The second kappa shape index (κ2) is 4.63. The van der Waals surface area contributed by atoms with Crippen LogP contribution in [0.5, 0.6) is 0 Å². The first-order valence-corrected chi connectivity index (χ1v) is 6.25. The van der Waals surface area contributed by atoms with Crippen molar-refractivity contribution in [2.45, 2.75) is 51.1 Å². The van der Waals surface area contributed by atoms with Gasteiger partial charge in [0, 0.05) is 12.1 Å². The minimum Gasteiger partial charge on any atom is -0.320 e. The molecule has 2 saturated heterocycles. The van der Waals surface area contributed by atoms with Gasteiger partial charge in [0.05, 0.1) is 0 Å². The first-order chi connectivity index (χ1) is 6.85. The lowest BCUT2D eigenvalue weighted by Crippen LogP contribution is -2.42. The number of hydrogen-bond donors (Lipinski definition) is 1. The zero-order chi connectivity index (χ0) is 9.97. The highest BCUT2D eigenvalue weighted by atomic mass is 15.2. The van der Waals surface area contributed by atoms with E-state index in [2.05, 4.69) is 24.2 Å². The number of piperidine rings is 1. The number of fused-ring (bicyclic) bond motifs is 2. The number of nitrogens with one attached hydrogen (secondary N) is 1. The summed E-state index contributed by atoms with van der Waals surface area (Å²) >= 11 is 0. The average molecular weight is 196 g/mol. The van der Waals surface area contributed by atoms with Crippen LogP contribution in [0.15, 0.2) is 0 Å². The molecular formula is C12H24N2. The van der Waals surface area contributed by atoms with Crippen LogP contribution in [-0.2, 0) is 0 Å². The molecule has 2 heterocycles. The first-order valence-electron chi connectivity index (χ1n) is 6.25. The summed E-state index contributed by atoms with van der Waals surface area (Å²) in [6.45, 7) is 4.80. The normalized spacial score (nSPS) is 37.7. The van der Waals surface area contributed by atoms with Crippen molar-refractivity contribution in [1.29, 1.82) is 0 Å². The van der Waals surface area contributed by atoms with Crippen molar-refractivity contribution >= 4 is 0 Å². The standard InChI is InChI=1S/C12H24N2/c1-3-14-11-4-5-12(14)9-10(8-11)6-7-13-2/h10-13H,3-9H2,1-2H3. The average Bonchev–Trinajstić information content (AvgIpc) is 2.45. The van der Waals surface area contributed by atoms with Gasteiger partial charge in [0.1, 0.15) is 0 Å². The van der Waals surface area contributed by atoms with Crippen LogP contribution in [0, 0.1) is 5.92 Å². The molecule has 0 amide bonds. The van der Waals surface area contributed by atoms with E-state index in [0.717, 1.165) is 18.0 Å². The lowest BCUT2D eigenvalue weighted by Gasteiger charge is -2.38. The van der Waals surface area contributed by atoms with Crippen molar-refractivity contribution in [3.63, 3.8) is 0 Å². The van der Waals surface area contributed by atoms with Gasteiger partial charge in [-0.1, -0.05) is 6.92 Å². The lowest BCUT2D eigenvalue weighted by molar-refractivity contribution is 0.107. The number of rotatable bonds is 4. The Balaban J connectivity index is 1.86. The minimum atomic E-state index is 0.931. The predicted octanol–water partition coefficient (Wildman–Crippen LogP) is 1.86. The van der Waals surface area contributed by atoms with Crippen molar-refractivity contribution in [3.05, 3.63) is 0 Å². The fourth-order valence-electron chi connectivity index (χ4n) is 3.49. The summed E-state index contributed by atoms with van der Waals surface area (Å²) in [5, 5.41) is 3.28. The molecule has 2 nitrogen and oxygen atoms in total. The summed E-state index contributed by atoms with van der Waals surface area (Å²) in [7, 11) is 2.07. The maximum Gasteiger partial charge on any atom is 0.0101 e. The molecule has 2 unspecified atom stereocenters. The maximum atomic E-state index is 3.28. The second-order valence-corrected chi connectivity index (χ2v) is 4.95. The van der Waals surface area contributed by atoms with Crippen molar-refractivity contribution in [2.24, 2.45) is 5.92 Å². The predicted molar refractivity (Wildman–Crippen MR) is 60.5 cm³/mol. The van der Waals surface area contributed by atoms with Crippen molar-refractivity contribution in [1.82, 2.24) is 10.2 Å². The van der Waals surface area contributed by atoms with Crippen LogP contribution in [0.1, 0.15) is 39.0 Å². The third kappa shape index (κ3) is 1.96. The van der Waals surface area contributed by atoms with E-state index < -0.39 is 0 Å². The van der Waals surface area contributed by atoms with Crippen LogP contribution in [0.2, 0.25) is 0 Å². The highest BCUT2D eigenvalue weighted by Crippen LogP contribution is 2.39. The zero-order valence-electron chi connectivity index (χ0n) is 9.63. The van der Waals surface area contributed by atoms with Crippen LogP contribution in [0.4, 0.5) is 0 Å². The molecule has 0 spiro atoms. The highest BCUT2D eigenvalue weighted by molar-refractivity contribution is 4.94. The Labute approximate surface area is 88.1 Å². The van der Waals surface area contributed by atoms with Gasteiger partial charge in [-0.25, -0.2) is 0 Å². The Morgan fingerprint density at radius 1 is 1.21 bits per heavy atom. The fourth-order valence-corrected chi connectivity index (χ4v) is 3.49. The van der Waals surface area contributed by atoms with E-state index in [9.17, 15) is 0 Å². The molecule has 2 atom stereocenters. The van der Waals surface area contributed by atoms with E-state index in [4.69, 9.17) is 0 Å². The fraction of sp³-hybridized carbons (Fsp3) is 1.00. The Morgan fingerprint density at radius 2 is 1.86 bits per heavy atom.